The van der Waals surface area contributed by atoms with Crippen molar-refractivity contribution in [1.29, 1.82) is 0 Å². The van der Waals surface area contributed by atoms with Gasteiger partial charge in [0.25, 0.3) is 6.43 Å². The van der Waals surface area contributed by atoms with Crippen LogP contribution in [0.4, 0.5) is 8.78 Å². The maximum absolute atomic E-state index is 12.7. The minimum atomic E-state index is -2.78. The van der Waals surface area contributed by atoms with Crippen molar-refractivity contribution in [3.63, 3.8) is 0 Å². The SMILES string of the molecule is C=CCOc1ccccc1CC1=CN(n2cnc(C(F)F)n2)C(N)N=C1Cl. The highest BCUT2D eigenvalue weighted by Gasteiger charge is 2.24. The second kappa shape index (κ2) is 8.28. The molecular formula is C17H17ClF2N6O. The molecule has 1 aliphatic rings. The lowest BCUT2D eigenvalue weighted by Crippen LogP contribution is -2.47. The van der Waals surface area contributed by atoms with Crippen LogP contribution in [-0.4, -0.2) is 32.9 Å². The van der Waals surface area contributed by atoms with E-state index in [1.807, 2.05) is 24.3 Å². The number of hydrogen-bond acceptors (Lipinski definition) is 6. The third-order valence-corrected chi connectivity index (χ3v) is 4.05. The molecule has 0 amide bonds. The molecule has 0 radical (unpaired) electrons. The molecular weight excluding hydrogens is 378 g/mol. The third-order valence-electron chi connectivity index (χ3n) is 3.71. The van der Waals surface area contributed by atoms with Gasteiger partial charge >= 0.3 is 0 Å². The molecule has 0 saturated carbocycles. The zero-order chi connectivity index (χ0) is 19.4. The monoisotopic (exact) mass is 394 g/mol. The maximum Gasteiger partial charge on any atom is 0.299 e. The zero-order valence-electron chi connectivity index (χ0n) is 14.2. The summed E-state index contributed by atoms with van der Waals surface area (Å²) in [6, 6.07) is 7.46. The van der Waals surface area contributed by atoms with E-state index in [4.69, 9.17) is 22.1 Å². The Labute approximate surface area is 159 Å². The van der Waals surface area contributed by atoms with Crippen molar-refractivity contribution < 1.29 is 13.5 Å². The van der Waals surface area contributed by atoms with Crippen molar-refractivity contribution in [2.75, 3.05) is 11.6 Å². The summed E-state index contributed by atoms with van der Waals surface area (Å²) in [6.45, 7) is 4.00. The second-order valence-corrected chi connectivity index (χ2v) is 5.93. The number of aliphatic imine (C=N–C) groups is 1. The number of rotatable bonds is 7. The number of para-hydroxylation sites is 1. The fourth-order valence-electron chi connectivity index (χ4n) is 2.47. The highest BCUT2D eigenvalue weighted by Crippen LogP contribution is 2.25. The minimum Gasteiger partial charge on any atom is -0.489 e. The van der Waals surface area contributed by atoms with Gasteiger partial charge in [-0.15, -0.1) is 5.10 Å². The minimum absolute atomic E-state index is 0.228. The number of benzene rings is 1. The number of aromatic nitrogens is 3. The molecule has 1 aliphatic heterocycles. The first-order valence-corrected chi connectivity index (χ1v) is 8.37. The summed E-state index contributed by atoms with van der Waals surface area (Å²) in [5.74, 6) is 0.0888. The lowest BCUT2D eigenvalue weighted by molar-refractivity contribution is 0.140. The lowest BCUT2D eigenvalue weighted by Gasteiger charge is -2.28. The van der Waals surface area contributed by atoms with Crippen molar-refractivity contribution in [2.45, 2.75) is 19.1 Å². The number of nitrogens with two attached hydrogens (primary N) is 1. The summed E-state index contributed by atoms with van der Waals surface area (Å²) in [5.41, 5.74) is 7.44. The Morgan fingerprint density at radius 1 is 1.37 bits per heavy atom. The van der Waals surface area contributed by atoms with Crippen molar-refractivity contribution in [2.24, 2.45) is 10.7 Å². The van der Waals surface area contributed by atoms with Crippen LogP contribution >= 0.6 is 11.6 Å². The Bertz CT molecular complexity index is 882. The van der Waals surface area contributed by atoms with Gasteiger partial charge in [-0.05, 0) is 11.6 Å². The van der Waals surface area contributed by atoms with Gasteiger partial charge in [0.1, 0.15) is 23.9 Å². The van der Waals surface area contributed by atoms with Crippen LogP contribution in [0.1, 0.15) is 17.8 Å². The van der Waals surface area contributed by atoms with Crippen LogP contribution in [0.5, 0.6) is 5.75 Å². The summed E-state index contributed by atoms with van der Waals surface area (Å²) < 4.78 is 31.1. The van der Waals surface area contributed by atoms with Crippen molar-refractivity contribution in [3.8, 4) is 5.75 Å². The second-order valence-electron chi connectivity index (χ2n) is 5.58. The van der Waals surface area contributed by atoms with E-state index in [0.29, 0.717) is 24.4 Å². The van der Waals surface area contributed by atoms with Crippen LogP contribution in [0.3, 0.4) is 0 Å². The molecule has 1 aromatic carbocycles. The van der Waals surface area contributed by atoms with Gasteiger partial charge in [0, 0.05) is 18.2 Å². The van der Waals surface area contributed by atoms with E-state index in [1.54, 1.807) is 12.3 Å². The third kappa shape index (κ3) is 4.32. The molecule has 0 spiro atoms. The molecule has 2 heterocycles. The van der Waals surface area contributed by atoms with E-state index >= 15 is 0 Å². The summed E-state index contributed by atoms with van der Waals surface area (Å²) >= 11 is 6.25. The fraction of sp³-hybridized carbons (Fsp3) is 0.235. The van der Waals surface area contributed by atoms with Gasteiger partial charge in [-0.3, -0.25) is 5.73 Å². The molecule has 0 bridgehead atoms. The first-order chi connectivity index (χ1) is 13.0. The molecule has 0 fully saturated rings. The highest BCUT2D eigenvalue weighted by atomic mass is 35.5. The lowest BCUT2D eigenvalue weighted by atomic mass is 10.0. The number of alkyl halides is 2. The number of ether oxygens (including phenoxy) is 1. The highest BCUT2D eigenvalue weighted by molar-refractivity contribution is 6.69. The summed E-state index contributed by atoms with van der Waals surface area (Å²) in [4.78, 5) is 8.82. The molecule has 1 atom stereocenters. The number of allylic oxidation sites excluding steroid dienone is 1. The van der Waals surface area contributed by atoms with Crippen molar-refractivity contribution in [3.05, 3.63) is 66.4 Å². The van der Waals surface area contributed by atoms with E-state index in [2.05, 4.69) is 21.7 Å². The molecule has 142 valence electrons. The Hall–Kier alpha value is -2.78. The van der Waals surface area contributed by atoms with Gasteiger partial charge < -0.3 is 4.74 Å². The summed E-state index contributed by atoms with van der Waals surface area (Å²) in [5, 5.41) is 5.31. The van der Waals surface area contributed by atoms with E-state index in [9.17, 15) is 8.78 Å². The fourth-order valence-corrected chi connectivity index (χ4v) is 2.69. The Morgan fingerprint density at radius 3 is 2.85 bits per heavy atom. The first-order valence-electron chi connectivity index (χ1n) is 7.99. The molecule has 2 N–H and O–H groups in total. The van der Waals surface area contributed by atoms with Crippen LogP contribution < -0.4 is 15.5 Å². The predicted molar refractivity (Wildman–Crippen MR) is 98.4 cm³/mol. The Balaban J connectivity index is 1.87. The summed E-state index contributed by atoms with van der Waals surface area (Å²) in [7, 11) is 0. The molecule has 7 nitrogen and oxygen atoms in total. The average molecular weight is 395 g/mol. The van der Waals surface area contributed by atoms with Gasteiger partial charge in [0.2, 0.25) is 5.82 Å². The van der Waals surface area contributed by atoms with Gasteiger partial charge in [0.05, 0.1) is 0 Å². The van der Waals surface area contributed by atoms with Gasteiger partial charge in [0.15, 0.2) is 6.29 Å². The Kier molecular flexibility index (Phi) is 5.82. The molecule has 10 heteroatoms. The topological polar surface area (TPSA) is 81.6 Å². The number of hydrogen-bond donors (Lipinski definition) is 1. The van der Waals surface area contributed by atoms with Crippen LogP contribution in [0.25, 0.3) is 0 Å². The van der Waals surface area contributed by atoms with Crippen LogP contribution in [0.15, 0.2) is 60.0 Å². The molecule has 1 aromatic heterocycles. The molecule has 27 heavy (non-hydrogen) atoms. The number of nitrogens with zero attached hydrogens (tertiary/aromatic N) is 5. The molecule has 1 unspecified atom stereocenters. The molecule has 3 rings (SSSR count). The average Bonchev–Trinajstić information content (AvgIpc) is 3.13. The molecule has 0 saturated heterocycles. The normalized spacial score (nSPS) is 16.9. The van der Waals surface area contributed by atoms with Crippen LogP contribution in [0.2, 0.25) is 0 Å². The van der Waals surface area contributed by atoms with E-state index < -0.39 is 18.5 Å². The zero-order valence-corrected chi connectivity index (χ0v) is 14.9. The molecule has 0 aliphatic carbocycles. The van der Waals surface area contributed by atoms with Crippen LogP contribution in [-0.2, 0) is 6.42 Å². The largest absolute Gasteiger partial charge is 0.489 e. The molecule has 2 aromatic rings. The predicted octanol–water partition coefficient (Wildman–Crippen LogP) is 2.74. The standard InChI is InChI=1S/C17H17ClF2N6O/c1-2-7-27-13-6-4-3-5-11(13)8-12-9-25(17(21)23-14(12)18)26-10-22-16(24-26)15(19)20/h2-6,9-10,15,17H,1,7-8,21H2. The van der Waals surface area contributed by atoms with Crippen molar-refractivity contribution in [1.82, 2.24) is 14.9 Å². The maximum atomic E-state index is 12.7. The van der Waals surface area contributed by atoms with Gasteiger partial charge in [-0.2, -0.15) is 4.79 Å². The van der Waals surface area contributed by atoms with E-state index in [-0.39, 0.29) is 5.17 Å². The van der Waals surface area contributed by atoms with E-state index in [1.165, 1.54) is 5.01 Å². The van der Waals surface area contributed by atoms with E-state index in [0.717, 1.165) is 16.7 Å². The quantitative estimate of drug-likeness (QED) is 0.730. The van der Waals surface area contributed by atoms with Gasteiger partial charge in [-0.1, -0.05) is 42.5 Å². The first kappa shape index (κ1) is 19.0. The summed E-state index contributed by atoms with van der Waals surface area (Å²) in [6.07, 6.45) is 1.10. The number of halogens is 3. The smallest absolute Gasteiger partial charge is 0.299 e. The van der Waals surface area contributed by atoms with Crippen molar-refractivity contribution >= 4 is 16.8 Å². The van der Waals surface area contributed by atoms with Crippen LogP contribution in [0, 0.1) is 0 Å². The van der Waals surface area contributed by atoms with Gasteiger partial charge in [-0.25, -0.2) is 23.8 Å². The Morgan fingerprint density at radius 2 is 2.15 bits per heavy atom.